The number of hydrogen-bond donors (Lipinski definition) is 1. The molecule has 1 N–H and O–H groups in total. The molecule has 20 heavy (non-hydrogen) atoms. The molecular weight excluding hydrogens is 406 g/mol. The Bertz CT molecular complexity index is 675. The number of hydrogen-bond acceptors (Lipinski definition) is 5. The average molecular weight is 415 g/mol. The van der Waals surface area contributed by atoms with E-state index >= 15 is 0 Å². The van der Waals surface area contributed by atoms with E-state index in [-0.39, 0.29) is 0 Å². The van der Waals surface area contributed by atoms with Gasteiger partial charge in [-0.1, -0.05) is 0 Å². The van der Waals surface area contributed by atoms with Gasteiger partial charge in [0.25, 0.3) is 0 Å². The molecule has 102 valence electrons. The van der Waals surface area contributed by atoms with Gasteiger partial charge in [0.2, 0.25) is 12.3 Å². The molecule has 4 nitrogen and oxygen atoms in total. The van der Waals surface area contributed by atoms with Crippen molar-refractivity contribution in [1.29, 1.82) is 0 Å². The summed E-state index contributed by atoms with van der Waals surface area (Å²) < 4.78 is 7.35. The van der Waals surface area contributed by atoms with E-state index in [9.17, 15) is 0 Å². The molecule has 0 amide bonds. The van der Waals surface area contributed by atoms with Crippen LogP contribution >= 0.6 is 43.2 Å². The van der Waals surface area contributed by atoms with Crippen molar-refractivity contribution in [2.75, 3.05) is 5.32 Å². The van der Waals surface area contributed by atoms with Gasteiger partial charge in [-0.15, -0.1) is 21.5 Å². The molecule has 2 heterocycles. The quantitative estimate of drug-likeness (QED) is 0.657. The van der Waals surface area contributed by atoms with Crippen molar-refractivity contribution in [3.63, 3.8) is 0 Å². The van der Waals surface area contributed by atoms with Crippen molar-refractivity contribution in [3.05, 3.63) is 49.9 Å². The highest BCUT2D eigenvalue weighted by Crippen LogP contribution is 2.32. The van der Waals surface area contributed by atoms with Gasteiger partial charge in [0, 0.05) is 27.1 Å². The predicted molar refractivity (Wildman–Crippen MR) is 86.8 cm³/mol. The number of halogens is 2. The number of rotatable bonds is 4. The Morgan fingerprint density at radius 2 is 2.00 bits per heavy atom. The van der Waals surface area contributed by atoms with E-state index in [1.807, 2.05) is 24.3 Å². The Balaban J connectivity index is 1.66. The van der Waals surface area contributed by atoms with Crippen LogP contribution in [-0.4, -0.2) is 10.2 Å². The second kappa shape index (κ2) is 6.07. The van der Waals surface area contributed by atoms with Crippen LogP contribution in [0.15, 0.2) is 49.4 Å². The standard InChI is InChI=1S/C13H9Br2N3OS/c14-11-5-10(20-12(11)15)6-16-9-3-1-8(2-4-9)13-18-17-7-19-13/h1-5,7,16H,6H2. The summed E-state index contributed by atoms with van der Waals surface area (Å²) in [6.45, 7) is 0.786. The van der Waals surface area contributed by atoms with E-state index in [1.54, 1.807) is 11.3 Å². The number of thiophene rings is 1. The minimum absolute atomic E-state index is 0.530. The van der Waals surface area contributed by atoms with E-state index in [0.29, 0.717) is 5.89 Å². The van der Waals surface area contributed by atoms with Gasteiger partial charge in [0.05, 0.1) is 3.79 Å². The van der Waals surface area contributed by atoms with Crippen LogP contribution in [0, 0.1) is 0 Å². The van der Waals surface area contributed by atoms with E-state index in [2.05, 4.69) is 53.4 Å². The van der Waals surface area contributed by atoms with E-state index in [4.69, 9.17) is 4.42 Å². The molecule has 0 aliphatic carbocycles. The van der Waals surface area contributed by atoms with E-state index in [0.717, 1.165) is 26.1 Å². The van der Waals surface area contributed by atoms with Crippen molar-refractivity contribution >= 4 is 48.9 Å². The monoisotopic (exact) mass is 413 g/mol. The van der Waals surface area contributed by atoms with Crippen LogP contribution < -0.4 is 5.32 Å². The van der Waals surface area contributed by atoms with Gasteiger partial charge in [0.1, 0.15) is 0 Å². The molecule has 0 fully saturated rings. The lowest BCUT2D eigenvalue weighted by atomic mass is 10.2. The number of aromatic nitrogens is 2. The maximum atomic E-state index is 5.15. The molecule has 0 radical (unpaired) electrons. The van der Waals surface area contributed by atoms with Crippen LogP contribution in [-0.2, 0) is 6.54 Å². The lowest BCUT2D eigenvalue weighted by molar-refractivity contribution is 0.568. The maximum absolute atomic E-state index is 5.15. The predicted octanol–water partition coefficient (Wildman–Crippen LogP) is 4.94. The maximum Gasteiger partial charge on any atom is 0.247 e. The Kier molecular flexibility index (Phi) is 4.18. The van der Waals surface area contributed by atoms with Gasteiger partial charge in [-0.2, -0.15) is 0 Å². The largest absolute Gasteiger partial charge is 0.423 e. The normalized spacial score (nSPS) is 10.7. The van der Waals surface area contributed by atoms with E-state index in [1.165, 1.54) is 11.3 Å². The molecule has 0 atom stereocenters. The number of nitrogens with one attached hydrogen (secondary N) is 1. The SMILES string of the molecule is Brc1cc(CNc2ccc(-c3nnco3)cc2)sc1Br. The van der Waals surface area contributed by atoms with Crippen LogP contribution in [0.4, 0.5) is 5.69 Å². The van der Waals surface area contributed by atoms with Crippen molar-refractivity contribution in [2.24, 2.45) is 0 Å². The van der Waals surface area contributed by atoms with Crippen LogP contribution in [0.1, 0.15) is 4.88 Å². The first kappa shape index (κ1) is 13.8. The smallest absolute Gasteiger partial charge is 0.247 e. The molecule has 0 saturated carbocycles. The van der Waals surface area contributed by atoms with Crippen LogP contribution in [0.3, 0.4) is 0 Å². The summed E-state index contributed by atoms with van der Waals surface area (Å²) in [7, 11) is 0. The molecule has 0 aliphatic rings. The summed E-state index contributed by atoms with van der Waals surface area (Å²) in [6, 6.07) is 10.0. The Morgan fingerprint density at radius 1 is 1.20 bits per heavy atom. The first-order chi connectivity index (χ1) is 9.72. The van der Waals surface area contributed by atoms with Crippen molar-refractivity contribution < 1.29 is 4.42 Å². The first-order valence-electron chi connectivity index (χ1n) is 5.76. The second-order valence-electron chi connectivity index (χ2n) is 4.01. The molecule has 3 aromatic rings. The summed E-state index contributed by atoms with van der Waals surface area (Å²) in [4.78, 5) is 1.25. The van der Waals surface area contributed by atoms with Crippen LogP contribution in [0.5, 0.6) is 0 Å². The van der Waals surface area contributed by atoms with Gasteiger partial charge in [-0.3, -0.25) is 0 Å². The summed E-state index contributed by atoms with van der Waals surface area (Å²) >= 11 is 8.69. The Morgan fingerprint density at radius 3 is 2.60 bits per heavy atom. The molecule has 0 unspecified atom stereocenters. The lowest BCUT2D eigenvalue weighted by Crippen LogP contribution is -1.96. The van der Waals surface area contributed by atoms with Crippen LogP contribution in [0.2, 0.25) is 0 Å². The fraction of sp³-hybridized carbons (Fsp3) is 0.0769. The molecule has 1 aromatic carbocycles. The fourth-order valence-electron chi connectivity index (χ4n) is 1.70. The highest BCUT2D eigenvalue weighted by Gasteiger charge is 2.05. The first-order valence-corrected chi connectivity index (χ1v) is 8.17. The zero-order valence-corrected chi connectivity index (χ0v) is 14.1. The van der Waals surface area contributed by atoms with Gasteiger partial charge in [-0.05, 0) is 62.2 Å². The molecule has 7 heteroatoms. The van der Waals surface area contributed by atoms with Crippen molar-refractivity contribution in [3.8, 4) is 11.5 Å². The molecule has 0 spiro atoms. The lowest BCUT2D eigenvalue weighted by Gasteiger charge is -2.05. The summed E-state index contributed by atoms with van der Waals surface area (Å²) in [5.74, 6) is 0.530. The van der Waals surface area contributed by atoms with Crippen molar-refractivity contribution in [2.45, 2.75) is 6.54 Å². The van der Waals surface area contributed by atoms with E-state index < -0.39 is 0 Å². The van der Waals surface area contributed by atoms with Gasteiger partial charge in [-0.25, -0.2) is 0 Å². The molecule has 2 aromatic heterocycles. The summed E-state index contributed by atoms with van der Waals surface area (Å²) in [6.07, 6.45) is 1.33. The third kappa shape index (κ3) is 3.11. The Labute approximate surface area is 136 Å². The average Bonchev–Trinajstić information content (AvgIpc) is 3.08. The minimum atomic E-state index is 0.530. The highest BCUT2D eigenvalue weighted by atomic mass is 79.9. The Hall–Kier alpha value is -1.18. The topological polar surface area (TPSA) is 51.0 Å². The molecule has 0 bridgehead atoms. The molecule has 3 rings (SSSR count). The molecule has 0 aliphatic heterocycles. The number of benzene rings is 1. The summed E-state index contributed by atoms with van der Waals surface area (Å²) in [5.41, 5.74) is 1.96. The zero-order valence-electron chi connectivity index (χ0n) is 10.1. The van der Waals surface area contributed by atoms with Gasteiger partial charge in [0.15, 0.2) is 0 Å². The fourth-order valence-corrected chi connectivity index (χ4v) is 3.81. The second-order valence-corrected chi connectivity index (χ2v) is 7.32. The third-order valence-electron chi connectivity index (χ3n) is 2.65. The molecular formula is C13H9Br2N3OS. The van der Waals surface area contributed by atoms with Crippen LogP contribution in [0.25, 0.3) is 11.5 Å². The van der Waals surface area contributed by atoms with Gasteiger partial charge >= 0.3 is 0 Å². The van der Waals surface area contributed by atoms with Crippen molar-refractivity contribution in [1.82, 2.24) is 10.2 Å². The zero-order chi connectivity index (χ0) is 13.9. The third-order valence-corrected chi connectivity index (χ3v) is 5.91. The summed E-state index contributed by atoms with van der Waals surface area (Å²) in [5, 5.41) is 10.9. The number of nitrogens with zero attached hydrogens (tertiary/aromatic N) is 2. The highest BCUT2D eigenvalue weighted by molar-refractivity contribution is 9.13. The molecule has 0 saturated heterocycles. The minimum Gasteiger partial charge on any atom is -0.423 e. The number of anilines is 1. The van der Waals surface area contributed by atoms with Gasteiger partial charge < -0.3 is 9.73 Å².